The van der Waals surface area contributed by atoms with E-state index in [2.05, 4.69) is 20.7 Å². The summed E-state index contributed by atoms with van der Waals surface area (Å²) in [5.74, 6) is -2.54. The number of ether oxygens (including phenoxy) is 1. The highest BCUT2D eigenvalue weighted by Gasteiger charge is 2.52. The molecule has 11 nitrogen and oxygen atoms in total. The monoisotopic (exact) mass is 510 g/mol. The van der Waals surface area contributed by atoms with Gasteiger partial charge < -0.3 is 30.7 Å². The highest BCUT2D eigenvalue weighted by Crippen LogP contribution is 2.43. The normalized spacial score (nSPS) is 24.2. The molecule has 1 saturated carbocycles. The zero-order valence-corrected chi connectivity index (χ0v) is 22.6. The second-order valence-corrected chi connectivity index (χ2v) is 12.1. The van der Waals surface area contributed by atoms with E-state index in [-0.39, 0.29) is 11.8 Å². The maximum Gasteiger partial charge on any atom is 0.407 e. The summed E-state index contributed by atoms with van der Waals surface area (Å²) in [5, 5.41) is 17.7. The van der Waals surface area contributed by atoms with E-state index in [1.165, 1.54) is 18.9 Å². The van der Waals surface area contributed by atoms with Gasteiger partial charge >= 0.3 is 12.1 Å². The zero-order chi connectivity index (χ0) is 27.6. The van der Waals surface area contributed by atoms with Crippen LogP contribution in [0.5, 0.6) is 0 Å². The van der Waals surface area contributed by atoms with Crippen LogP contribution >= 0.6 is 0 Å². The summed E-state index contributed by atoms with van der Waals surface area (Å²) in [6.45, 7) is 12.5. The van der Waals surface area contributed by atoms with Crippen LogP contribution in [0.1, 0.15) is 67.7 Å². The first kappa shape index (κ1) is 29.4. The minimum atomic E-state index is -1.03. The number of methoxy groups -OCH3 is 1. The van der Waals surface area contributed by atoms with Crippen molar-refractivity contribution in [1.29, 1.82) is 0 Å². The number of hydrogen-bond donors (Lipinski definition) is 4. The van der Waals surface area contributed by atoms with Crippen LogP contribution in [0.25, 0.3) is 0 Å². The fourth-order valence-corrected chi connectivity index (χ4v) is 5.13. The Hall–Kier alpha value is -2.85. The number of nitrogens with zero attached hydrogens (tertiary/aromatic N) is 1. The van der Waals surface area contributed by atoms with Gasteiger partial charge in [-0.05, 0) is 42.4 Å². The Morgan fingerprint density at radius 2 is 1.44 bits per heavy atom. The molecule has 1 unspecified atom stereocenters. The first-order chi connectivity index (χ1) is 16.5. The SMILES string of the molecule is COC(=O)N[C@@H](C)C(=O)N[C@H](C(=O)N[C@H](C(=O)N1C[C@@H]2CCC[C@@H]2C1C(=O)O)C(C)(C)C)C(C)(C)C. The van der Waals surface area contributed by atoms with E-state index < -0.39 is 64.8 Å². The number of carbonyl (C=O) groups is 5. The van der Waals surface area contributed by atoms with Gasteiger partial charge in [-0.25, -0.2) is 9.59 Å². The number of hydrogen-bond acceptors (Lipinski definition) is 6. The van der Waals surface area contributed by atoms with Gasteiger partial charge in [0.05, 0.1) is 7.11 Å². The molecule has 204 valence electrons. The number of alkyl carbamates (subject to hydrolysis) is 1. The fraction of sp³-hybridized carbons (Fsp3) is 0.800. The summed E-state index contributed by atoms with van der Waals surface area (Å²) >= 11 is 0. The molecular formula is C25H42N4O7. The van der Waals surface area contributed by atoms with E-state index in [9.17, 15) is 29.1 Å². The Labute approximate surface area is 213 Å². The number of fused-ring (bicyclic) bond motifs is 1. The molecule has 2 aliphatic rings. The average molecular weight is 511 g/mol. The van der Waals surface area contributed by atoms with Gasteiger partial charge in [0, 0.05) is 6.54 Å². The van der Waals surface area contributed by atoms with Crippen molar-refractivity contribution in [1.82, 2.24) is 20.9 Å². The molecule has 0 aromatic carbocycles. The molecule has 1 saturated heterocycles. The smallest absolute Gasteiger partial charge is 0.407 e. The summed E-state index contributed by atoms with van der Waals surface area (Å²) in [5.41, 5.74) is -1.45. The molecule has 0 aromatic rings. The molecule has 4 N–H and O–H groups in total. The molecule has 2 rings (SSSR count). The second kappa shape index (κ2) is 11.0. The number of likely N-dealkylation sites (tertiary alicyclic amines) is 1. The van der Waals surface area contributed by atoms with Gasteiger partial charge in [0.1, 0.15) is 24.2 Å². The van der Waals surface area contributed by atoms with Crippen molar-refractivity contribution in [3.05, 3.63) is 0 Å². The van der Waals surface area contributed by atoms with E-state index in [0.29, 0.717) is 6.54 Å². The number of carboxylic acid groups (broad SMARTS) is 1. The van der Waals surface area contributed by atoms with Crippen molar-refractivity contribution in [3.63, 3.8) is 0 Å². The predicted molar refractivity (Wildman–Crippen MR) is 132 cm³/mol. The molecule has 0 bridgehead atoms. The lowest BCUT2D eigenvalue weighted by molar-refractivity contribution is -0.152. The number of amides is 4. The highest BCUT2D eigenvalue weighted by molar-refractivity contribution is 5.95. The average Bonchev–Trinajstić information content (AvgIpc) is 3.34. The summed E-state index contributed by atoms with van der Waals surface area (Å²) in [6, 6.07) is -3.90. The molecule has 4 amide bonds. The van der Waals surface area contributed by atoms with Crippen LogP contribution in [-0.4, -0.2) is 77.6 Å². The van der Waals surface area contributed by atoms with Crippen molar-refractivity contribution < 1.29 is 33.8 Å². The molecule has 36 heavy (non-hydrogen) atoms. The largest absolute Gasteiger partial charge is 0.480 e. The van der Waals surface area contributed by atoms with Crippen molar-refractivity contribution in [2.24, 2.45) is 22.7 Å². The third kappa shape index (κ3) is 6.67. The number of rotatable bonds is 7. The van der Waals surface area contributed by atoms with Crippen LogP contribution in [0.4, 0.5) is 4.79 Å². The molecule has 6 atom stereocenters. The van der Waals surface area contributed by atoms with Gasteiger partial charge in [-0.15, -0.1) is 0 Å². The molecule has 1 heterocycles. The quantitative estimate of drug-likeness (QED) is 0.405. The Morgan fingerprint density at radius 3 is 1.94 bits per heavy atom. The van der Waals surface area contributed by atoms with E-state index in [1.807, 2.05) is 0 Å². The van der Waals surface area contributed by atoms with Crippen molar-refractivity contribution in [3.8, 4) is 0 Å². The van der Waals surface area contributed by atoms with Crippen molar-refractivity contribution in [2.45, 2.75) is 91.9 Å². The minimum Gasteiger partial charge on any atom is -0.480 e. The van der Waals surface area contributed by atoms with Crippen LogP contribution in [0.3, 0.4) is 0 Å². The predicted octanol–water partition coefficient (Wildman–Crippen LogP) is 1.50. The maximum absolute atomic E-state index is 13.7. The van der Waals surface area contributed by atoms with Gasteiger partial charge in [0.2, 0.25) is 17.7 Å². The Morgan fingerprint density at radius 1 is 0.889 bits per heavy atom. The van der Waals surface area contributed by atoms with Gasteiger partial charge in [-0.2, -0.15) is 0 Å². The first-order valence-electron chi connectivity index (χ1n) is 12.5. The van der Waals surface area contributed by atoms with Crippen molar-refractivity contribution >= 4 is 29.8 Å². The number of carboxylic acids is 1. The topological polar surface area (TPSA) is 154 Å². The first-order valence-corrected chi connectivity index (χ1v) is 12.5. The minimum absolute atomic E-state index is 0.0758. The maximum atomic E-state index is 13.7. The van der Waals surface area contributed by atoms with Crippen LogP contribution in [0, 0.1) is 22.7 Å². The van der Waals surface area contributed by atoms with Gasteiger partial charge in [-0.1, -0.05) is 48.0 Å². The molecular weight excluding hydrogens is 468 g/mol. The Bertz CT molecular complexity index is 877. The second-order valence-electron chi connectivity index (χ2n) is 12.1. The summed E-state index contributed by atoms with van der Waals surface area (Å²) < 4.78 is 4.52. The van der Waals surface area contributed by atoms with Gasteiger partial charge in [0.15, 0.2) is 0 Å². The summed E-state index contributed by atoms with van der Waals surface area (Å²) in [6.07, 6.45) is 1.84. The molecule has 0 spiro atoms. The van der Waals surface area contributed by atoms with Crippen LogP contribution in [0.15, 0.2) is 0 Å². The van der Waals surface area contributed by atoms with Crippen LogP contribution in [0.2, 0.25) is 0 Å². The lowest BCUT2D eigenvalue weighted by atomic mass is 9.82. The molecule has 2 fully saturated rings. The van der Waals surface area contributed by atoms with Crippen LogP contribution in [-0.2, 0) is 23.9 Å². The molecule has 11 heteroatoms. The number of aliphatic carboxylic acids is 1. The lowest BCUT2D eigenvalue weighted by Crippen LogP contribution is -2.63. The lowest BCUT2D eigenvalue weighted by Gasteiger charge is -2.38. The van der Waals surface area contributed by atoms with Gasteiger partial charge in [0.25, 0.3) is 0 Å². The molecule has 1 aliphatic heterocycles. The third-order valence-electron chi connectivity index (χ3n) is 7.15. The van der Waals surface area contributed by atoms with E-state index >= 15 is 0 Å². The standard InChI is InChI=1S/C25H42N4O7/c1-13(26-23(35)36-8)19(30)27-17(24(2,3)4)20(31)28-18(25(5,6)7)21(32)29-12-14-10-9-11-15(14)16(29)22(33)34/h13-18H,9-12H2,1-8H3,(H,26,35)(H,27,30)(H,28,31)(H,33,34)/t13-,14-,15-,16?,17+,18+/m0/s1. The molecule has 0 radical (unpaired) electrons. The van der Waals surface area contributed by atoms with Crippen molar-refractivity contribution in [2.75, 3.05) is 13.7 Å². The third-order valence-corrected chi connectivity index (χ3v) is 7.15. The van der Waals surface area contributed by atoms with Gasteiger partial charge in [-0.3, -0.25) is 14.4 Å². The van der Waals surface area contributed by atoms with E-state index in [1.54, 1.807) is 41.5 Å². The number of carbonyl (C=O) groups excluding carboxylic acids is 4. The van der Waals surface area contributed by atoms with E-state index in [0.717, 1.165) is 19.3 Å². The molecule has 1 aliphatic carbocycles. The Balaban J connectivity index is 2.26. The fourth-order valence-electron chi connectivity index (χ4n) is 5.13. The summed E-state index contributed by atoms with van der Waals surface area (Å²) in [4.78, 5) is 64.9. The zero-order valence-electron chi connectivity index (χ0n) is 22.6. The highest BCUT2D eigenvalue weighted by atomic mass is 16.5. The molecule has 0 aromatic heterocycles. The summed E-state index contributed by atoms with van der Waals surface area (Å²) in [7, 11) is 1.18. The Kier molecular flexibility index (Phi) is 9.01. The van der Waals surface area contributed by atoms with E-state index in [4.69, 9.17) is 0 Å². The van der Waals surface area contributed by atoms with Crippen LogP contribution < -0.4 is 16.0 Å². The number of nitrogens with one attached hydrogen (secondary N) is 3.